The molecule has 1 atom stereocenters. The van der Waals surface area contributed by atoms with E-state index in [-0.39, 0.29) is 49.6 Å². The van der Waals surface area contributed by atoms with Gasteiger partial charge in [-0.1, -0.05) is 79.9 Å². The average molecular weight is 594 g/mol. The van der Waals surface area contributed by atoms with E-state index >= 15 is 0 Å². The Balaban J connectivity index is 1.58. The van der Waals surface area contributed by atoms with Gasteiger partial charge >= 0.3 is 0 Å². The van der Waals surface area contributed by atoms with Gasteiger partial charge in [0.05, 0.1) is 11.9 Å². The van der Waals surface area contributed by atoms with Gasteiger partial charge in [-0.05, 0) is 54.7 Å². The zero-order valence-corrected chi connectivity index (χ0v) is 24.9. The Bertz CT molecular complexity index is 1400. The van der Waals surface area contributed by atoms with E-state index in [0.717, 1.165) is 43.9 Å². The molecule has 42 heavy (non-hydrogen) atoms. The van der Waals surface area contributed by atoms with Crippen LogP contribution in [0.25, 0.3) is 0 Å². The van der Waals surface area contributed by atoms with Crippen LogP contribution in [0.15, 0.2) is 84.9 Å². The summed E-state index contributed by atoms with van der Waals surface area (Å²) in [6, 6.07) is 23.6. The third-order valence-corrected chi connectivity index (χ3v) is 8.88. The number of hydrogen-bond donors (Lipinski definition) is 1. The van der Waals surface area contributed by atoms with E-state index in [4.69, 9.17) is 0 Å². The first-order valence-corrected chi connectivity index (χ1v) is 16.5. The normalized spacial score (nSPS) is 14.6. The van der Waals surface area contributed by atoms with Crippen molar-refractivity contribution >= 4 is 27.5 Å². The summed E-state index contributed by atoms with van der Waals surface area (Å²) < 4.78 is 40.1. The molecule has 2 amide bonds. The minimum Gasteiger partial charge on any atom is -0.352 e. The molecule has 0 aromatic heterocycles. The Morgan fingerprint density at radius 2 is 1.50 bits per heavy atom. The van der Waals surface area contributed by atoms with Crippen LogP contribution in [0.2, 0.25) is 0 Å². The van der Waals surface area contributed by atoms with E-state index in [1.54, 1.807) is 41.3 Å². The minimum atomic E-state index is -3.57. The summed E-state index contributed by atoms with van der Waals surface area (Å²) >= 11 is 0. The van der Waals surface area contributed by atoms with Gasteiger partial charge in [0.1, 0.15) is 11.9 Å². The number of hydrogen-bond acceptors (Lipinski definition) is 4. The fourth-order valence-electron chi connectivity index (χ4n) is 5.48. The van der Waals surface area contributed by atoms with Crippen LogP contribution in [-0.2, 0) is 32.6 Å². The summed E-state index contributed by atoms with van der Waals surface area (Å²) in [4.78, 5) is 29.3. The lowest BCUT2D eigenvalue weighted by atomic mass is 9.94. The van der Waals surface area contributed by atoms with Crippen LogP contribution in [0.1, 0.15) is 56.1 Å². The van der Waals surface area contributed by atoms with Gasteiger partial charge in [-0.3, -0.25) is 13.9 Å². The van der Waals surface area contributed by atoms with Crippen molar-refractivity contribution in [1.82, 2.24) is 10.2 Å². The second-order valence-corrected chi connectivity index (χ2v) is 12.9. The van der Waals surface area contributed by atoms with Crippen molar-refractivity contribution in [3.8, 4) is 0 Å². The highest BCUT2D eigenvalue weighted by molar-refractivity contribution is 7.92. The van der Waals surface area contributed by atoms with Crippen molar-refractivity contribution in [3.63, 3.8) is 0 Å². The molecular formula is C33H40FN3O4S. The monoisotopic (exact) mass is 593 g/mol. The van der Waals surface area contributed by atoms with Gasteiger partial charge in [0.15, 0.2) is 0 Å². The van der Waals surface area contributed by atoms with Gasteiger partial charge in [0, 0.05) is 32.0 Å². The van der Waals surface area contributed by atoms with Crippen LogP contribution in [0, 0.1) is 5.82 Å². The fourth-order valence-corrected chi connectivity index (χ4v) is 6.45. The second-order valence-electron chi connectivity index (χ2n) is 11.0. The number of carbonyl (C=O) groups excluding carboxylic acids is 2. The average Bonchev–Trinajstić information content (AvgIpc) is 2.99. The summed E-state index contributed by atoms with van der Waals surface area (Å²) in [6.45, 7) is 0.250. The maximum atomic E-state index is 13.9. The van der Waals surface area contributed by atoms with Gasteiger partial charge in [0.2, 0.25) is 21.8 Å². The van der Waals surface area contributed by atoms with Crippen molar-refractivity contribution in [1.29, 1.82) is 0 Å². The standard InChI is InChI=1S/C33H40FN3O4S/c1-42(40,41)37(30-16-9-4-10-17-30)23-11-18-32(38)36(25-27-19-21-28(34)22-20-27)31(24-26-12-5-2-6-13-26)33(39)35-29-14-7-3-8-15-29/h2,4-6,9-10,12-13,16-17,19-22,29,31H,3,7-8,11,14-15,18,23-25H2,1H3,(H,35,39)/t31-/m1/s1. The fraction of sp³-hybridized carbons (Fsp3) is 0.394. The molecular weight excluding hydrogens is 553 g/mol. The molecule has 0 unspecified atom stereocenters. The zero-order chi connectivity index (χ0) is 30.0. The van der Waals surface area contributed by atoms with Crippen LogP contribution in [0.4, 0.5) is 10.1 Å². The smallest absolute Gasteiger partial charge is 0.243 e. The van der Waals surface area contributed by atoms with Crippen LogP contribution < -0.4 is 9.62 Å². The molecule has 3 aromatic rings. The second kappa shape index (κ2) is 15.0. The van der Waals surface area contributed by atoms with Gasteiger partial charge in [-0.25, -0.2) is 12.8 Å². The molecule has 224 valence electrons. The first-order chi connectivity index (χ1) is 20.2. The summed E-state index contributed by atoms with van der Waals surface area (Å²) in [7, 11) is -3.57. The summed E-state index contributed by atoms with van der Waals surface area (Å²) in [5, 5.41) is 3.20. The highest BCUT2D eigenvalue weighted by Crippen LogP contribution is 2.22. The van der Waals surface area contributed by atoms with Crippen LogP contribution >= 0.6 is 0 Å². The van der Waals surface area contributed by atoms with E-state index in [0.29, 0.717) is 17.7 Å². The lowest BCUT2D eigenvalue weighted by Crippen LogP contribution is -2.52. The molecule has 4 rings (SSSR count). The summed E-state index contributed by atoms with van der Waals surface area (Å²) in [6.07, 6.45) is 6.88. The first-order valence-electron chi connectivity index (χ1n) is 14.6. The Morgan fingerprint density at radius 1 is 0.881 bits per heavy atom. The maximum absolute atomic E-state index is 13.9. The number of nitrogens with zero attached hydrogens (tertiary/aromatic N) is 2. The van der Waals surface area contributed by atoms with Crippen LogP contribution in [-0.4, -0.2) is 50.0 Å². The van der Waals surface area contributed by atoms with E-state index in [2.05, 4.69) is 5.32 Å². The van der Waals surface area contributed by atoms with E-state index in [1.807, 2.05) is 36.4 Å². The molecule has 9 heteroatoms. The number of carbonyl (C=O) groups is 2. The molecule has 1 aliphatic rings. The Kier molecular flexibility index (Phi) is 11.1. The van der Waals surface area contributed by atoms with Gasteiger partial charge in [-0.15, -0.1) is 0 Å². The number of nitrogens with one attached hydrogen (secondary N) is 1. The van der Waals surface area contributed by atoms with Crippen LogP contribution in [0.5, 0.6) is 0 Å². The van der Waals surface area contributed by atoms with E-state index < -0.39 is 16.1 Å². The molecule has 1 fully saturated rings. The molecule has 0 bridgehead atoms. The van der Waals surface area contributed by atoms with Gasteiger partial charge in [-0.2, -0.15) is 0 Å². The van der Waals surface area contributed by atoms with Crippen molar-refractivity contribution in [2.75, 3.05) is 17.1 Å². The molecule has 0 saturated heterocycles. The van der Waals surface area contributed by atoms with E-state index in [1.165, 1.54) is 16.4 Å². The number of halogens is 1. The largest absolute Gasteiger partial charge is 0.352 e. The SMILES string of the molecule is CS(=O)(=O)N(CCCC(=O)N(Cc1ccc(F)cc1)[C@H](Cc1ccccc1)C(=O)NC1CCCCC1)c1ccccc1. The van der Waals surface area contributed by atoms with Crippen molar-refractivity contribution in [3.05, 3.63) is 102 Å². The Morgan fingerprint density at radius 3 is 2.12 bits per heavy atom. The first kappa shape index (κ1) is 31.2. The molecule has 0 radical (unpaired) electrons. The number of anilines is 1. The number of rotatable bonds is 13. The quantitative estimate of drug-likeness (QED) is 0.285. The molecule has 7 nitrogen and oxygen atoms in total. The molecule has 0 spiro atoms. The summed E-state index contributed by atoms with van der Waals surface area (Å²) in [5.74, 6) is -0.849. The molecule has 0 heterocycles. The Labute approximate surface area is 248 Å². The number of sulfonamides is 1. The summed E-state index contributed by atoms with van der Waals surface area (Å²) in [5.41, 5.74) is 2.16. The maximum Gasteiger partial charge on any atom is 0.243 e. The highest BCUT2D eigenvalue weighted by atomic mass is 32.2. The minimum absolute atomic E-state index is 0.0437. The third kappa shape index (κ3) is 9.14. The van der Waals surface area contributed by atoms with Crippen molar-refractivity contribution in [2.45, 2.75) is 70.0 Å². The van der Waals surface area contributed by atoms with Gasteiger partial charge in [0.25, 0.3) is 0 Å². The third-order valence-electron chi connectivity index (χ3n) is 7.69. The molecule has 3 aromatic carbocycles. The zero-order valence-electron chi connectivity index (χ0n) is 24.1. The molecule has 1 saturated carbocycles. The Hall–Kier alpha value is -3.72. The lowest BCUT2D eigenvalue weighted by Gasteiger charge is -2.34. The topological polar surface area (TPSA) is 86.8 Å². The molecule has 1 aliphatic carbocycles. The van der Waals surface area contributed by atoms with Crippen molar-refractivity contribution < 1.29 is 22.4 Å². The van der Waals surface area contributed by atoms with Gasteiger partial charge < -0.3 is 10.2 Å². The lowest BCUT2D eigenvalue weighted by molar-refractivity contribution is -0.141. The highest BCUT2D eigenvalue weighted by Gasteiger charge is 2.32. The van der Waals surface area contributed by atoms with Crippen LogP contribution in [0.3, 0.4) is 0 Å². The van der Waals surface area contributed by atoms with E-state index in [9.17, 15) is 22.4 Å². The predicted octanol–water partition coefficient (Wildman–Crippen LogP) is 5.46. The molecule has 0 aliphatic heterocycles. The number of benzene rings is 3. The predicted molar refractivity (Wildman–Crippen MR) is 164 cm³/mol. The molecule has 1 N–H and O–H groups in total. The van der Waals surface area contributed by atoms with Crippen molar-refractivity contribution in [2.24, 2.45) is 0 Å². The number of amides is 2. The number of para-hydroxylation sites is 1.